The SMILES string of the molecule is Cc1ncsc1-c1ccc(CNC(=O)[C@@H]2C[C@@H](O)CN2C[C@@H](NC(=O)C2(F)CC2)C(C)(C)C)c(OCCCCCCCCCC(=O)OC(C)(C)C)c1. The number of ether oxygens (including phenoxy) is 2. The molecular weight excluding hydrogens is 684 g/mol. The van der Waals surface area contributed by atoms with Gasteiger partial charge >= 0.3 is 5.97 Å². The van der Waals surface area contributed by atoms with Crippen molar-refractivity contribution in [2.24, 2.45) is 5.41 Å². The largest absolute Gasteiger partial charge is 0.493 e. The van der Waals surface area contributed by atoms with E-state index in [0.29, 0.717) is 31.9 Å². The van der Waals surface area contributed by atoms with Gasteiger partial charge in [0.25, 0.3) is 5.91 Å². The average Bonchev–Trinajstić information content (AvgIpc) is 3.48. The Morgan fingerprint density at radius 2 is 1.73 bits per heavy atom. The second-order valence-electron chi connectivity index (χ2n) is 16.7. The van der Waals surface area contributed by atoms with Crippen LogP contribution >= 0.6 is 11.3 Å². The number of benzene rings is 1. The molecule has 2 amide bonds. The van der Waals surface area contributed by atoms with Crippen molar-refractivity contribution in [2.45, 2.75) is 155 Å². The maximum atomic E-state index is 14.5. The molecule has 290 valence electrons. The summed E-state index contributed by atoms with van der Waals surface area (Å²) in [4.78, 5) is 45.5. The topological polar surface area (TPSA) is 130 Å². The van der Waals surface area contributed by atoms with E-state index in [0.717, 1.165) is 66.6 Å². The van der Waals surface area contributed by atoms with Gasteiger partial charge < -0.3 is 25.2 Å². The summed E-state index contributed by atoms with van der Waals surface area (Å²) in [5.74, 6) is -0.216. The summed E-state index contributed by atoms with van der Waals surface area (Å²) in [7, 11) is 0. The van der Waals surface area contributed by atoms with Crippen LogP contribution in [-0.4, -0.2) is 81.9 Å². The highest BCUT2D eigenvalue weighted by Gasteiger charge is 2.52. The number of nitrogens with zero attached hydrogens (tertiary/aromatic N) is 2. The zero-order valence-electron chi connectivity index (χ0n) is 32.3. The van der Waals surface area contributed by atoms with Gasteiger partial charge in [0.15, 0.2) is 5.67 Å². The number of aliphatic hydroxyl groups is 1. The normalized spacial score (nSPS) is 19.2. The van der Waals surface area contributed by atoms with E-state index >= 15 is 0 Å². The van der Waals surface area contributed by atoms with Crippen LogP contribution in [-0.2, 0) is 25.7 Å². The third kappa shape index (κ3) is 12.8. The van der Waals surface area contributed by atoms with Crippen molar-refractivity contribution in [3.05, 3.63) is 35.0 Å². The number of likely N-dealkylation sites (tertiary alicyclic amines) is 1. The number of amides is 2. The van der Waals surface area contributed by atoms with Gasteiger partial charge in [0.05, 0.1) is 34.8 Å². The lowest BCUT2D eigenvalue weighted by Gasteiger charge is -2.36. The van der Waals surface area contributed by atoms with E-state index in [1.807, 2.05) is 77.1 Å². The molecule has 4 rings (SSSR count). The molecule has 0 bridgehead atoms. The Hall–Kier alpha value is -3.09. The summed E-state index contributed by atoms with van der Waals surface area (Å²) in [6.45, 7) is 15.0. The van der Waals surface area contributed by atoms with Crippen molar-refractivity contribution in [3.63, 3.8) is 0 Å². The van der Waals surface area contributed by atoms with Crippen molar-refractivity contribution >= 4 is 29.1 Å². The Morgan fingerprint density at radius 1 is 1.06 bits per heavy atom. The van der Waals surface area contributed by atoms with Crippen LogP contribution in [0, 0.1) is 12.3 Å². The van der Waals surface area contributed by atoms with E-state index in [1.54, 1.807) is 11.3 Å². The van der Waals surface area contributed by atoms with Crippen molar-refractivity contribution in [3.8, 4) is 16.2 Å². The average molecular weight is 745 g/mol. The molecule has 1 aliphatic carbocycles. The van der Waals surface area contributed by atoms with Crippen LogP contribution in [0.15, 0.2) is 23.7 Å². The molecule has 2 aromatic rings. The number of nitrogens with one attached hydrogen (secondary N) is 2. The Labute approximate surface area is 313 Å². The number of alkyl halides is 1. The standard InChI is InChI=1S/C40H61FN4O6S/c1-27-35(52-26-43-27)28-16-17-29(32(21-28)50-20-14-12-10-8-9-11-13-15-34(47)51-39(5,6)7)23-42-36(48)31-22-30(46)24-45(31)25-33(38(2,3)4)44-37(49)40(41)18-19-40/h16-17,21,26,30-31,33,46H,8-15,18-20,22-25H2,1-7H3,(H,42,48)(H,44,49)/t30-,31+,33-/m1/s1. The van der Waals surface area contributed by atoms with Gasteiger partial charge in [-0.25, -0.2) is 9.37 Å². The summed E-state index contributed by atoms with van der Waals surface area (Å²) in [6, 6.07) is 5.04. The molecule has 2 fully saturated rings. The van der Waals surface area contributed by atoms with Crippen LogP contribution in [0.2, 0.25) is 0 Å². The first-order valence-corrected chi connectivity index (χ1v) is 19.9. The molecule has 52 heavy (non-hydrogen) atoms. The zero-order chi connectivity index (χ0) is 38.1. The fourth-order valence-electron chi connectivity index (χ4n) is 6.43. The number of aromatic nitrogens is 1. The van der Waals surface area contributed by atoms with Crippen LogP contribution in [0.25, 0.3) is 10.4 Å². The number of aliphatic hydroxyl groups excluding tert-OH is 1. The summed E-state index contributed by atoms with van der Waals surface area (Å²) in [5.41, 5.74) is 2.04. The van der Waals surface area contributed by atoms with Gasteiger partial charge in [-0.05, 0) is 76.8 Å². The highest BCUT2D eigenvalue weighted by molar-refractivity contribution is 7.13. The number of unbranched alkanes of at least 4 members (excludes halogenated alkanes) is 6. The molecular formula is C40H61FN4O6S. The van der Waals surface area contributed by atoms with Gasteiger partial charge in [0, 0.05) is 37.7 Å². The predicted molar refractivity (Wildman–Crippen MR) is 203 cm³/mol. The number of hydrogen-bond donors (Lipinski definition) is 3. The van der Waals surface area contributed by atoms with E-state index in [2.05, 4.69) is 15.6 Å². The second kappa shape index (κ2) is 18.3. The monoisotopic (exact) mass is 744 g/mol. The number of esters is 1. The van der Waals surface area contributed by atoms with E-state index < -0.39 is 35.4 Å². The Balaban J connectivity index is 1.30. The molecule has 1 saturated carbocycles. The minimum Gasteiger partial charge on any atom is -0.493 e. The Bertz CT molecular complexity index is 1500. The molecule has 0 radical (unpaired) electrons. The maximum absolute atomic E-state index is 14.5. The summed E-state index contributed by atoms with van der Waals surface area (Å²) >= 11 is 1.58. The van der Waals surface area contributed by atoms with Gasteiger partial charge in [0.1, 0.15) is 11.4 Å². The third-order valence-electron chi connectivity index (χ3n) is 9.78. The molecule has 0 unspecified atom stereocenters. The van der Waals surface area contributed by atoms with Crippen molar-refractivity contribution in [2.75, 3.05) is 19.7 Å². The lowest BCUT2D eigenvalue weighted by molar-refractivity contribution is -0.155. The number of aryl methyl sites for hydroxylation is 1. The molecule has 3 atom stereocenters. The number of thiazole rings is 1. The van der Waals surface area contributed by atoms with Gasteiger partial charge in [-0.2, -0.15) is 0 Å². The fourth-order valence-corrected chi connectivity index (χ4v) is 7.24. The van der Waals surface area contributed by atoms with Crippen LogP contribution < -0.4 is 15.4 Å². The second-order valence-corrected chi connectivity index (χ2v) is 17.5. The zero-order valence-corrected chi connectivity index (χ0v) is 33.1. The third-order valence-corrected chi connectivity index (χ3v) is 10.8. The van der Waals surface area contributed by atoms with Crippen LogP contribution in [0.1, 0.15) is 123 Å². The van der Waals surface area contributed by atoms with E-state index in [1.165, 1.54) is 0 Å². The van der Waals surface area contributed by atoms with Crippen LogP contribution in [0.4, 0.5) is 4.39 Å². The number of β-amino-alcohol motifs (C(OH)–C–C–N with tert-alkyl or cyclic N) is 1. The van der Waals surface area contributed by atoms with E-state index in [4.69, 9.17) is 9.47 Å². The van der Waals surface area contributed by atoms with Gasteiger partial charge in [-0.15, -0.1) is 11.3 Å². The van der Waals surface area contributed by atoms with Crippen LogP contribution in [0.5, 0.6) is 5.75 Å². The first-order valence-electron chi connectivity index (χ1n) is 19.0. The quantitative estimate of drug-likeness (QED) is 0.103. The van der Waals surface area contributed by atoms with Crippen molar-refractivity contribution in [1.29, 1.82) is 0 Å². The summed E-state index contributed by atoms with van der Waals surface area (Å²) in [6.07, 6.45) is 7.63. The van der Waals surface area contributed by atoms with Gasteiger partial charge in [0.2, 0.25) is 5.91 Å². The molecule has 3 N–H and O–H groups in total. The van der Waals surface area contributed by atoms with Crippen LogP contribution in [0.3, 0.4) is 0 Å². The molecule has 10 nitrogen and oxygen atoms in total. The van der Waals surface area contributed by atoms with E-state index in [9.17, 15) is 23.9 Å². The Morgan fingerprint density at radius 3 is 2.35 bits per heavy atom. The number of carbonyl (C=O) groups excluding carboxylic acids is 3. The smallest absolute Gasteiger partial charge is 0.306 e. The molecule has 0 spiro atoms. The Kier molecular flexibility index (Phi) is 14.7. The molecule has 12 heteroatoms. The highest BCUT2D eigenvalue weighted by Crippen LogP contribution is 2.40. The van der Waals surface area contributed by atoms with Gasteiger partial charge in [-0.1, -0.05) is 65.0 Å². The van der Waals surface area contributed by atoms with E-state index in [-0.39, 0.29) is 43.1 Å². The first-order chi connectivity index (χ1) is 24.4. The molecule has 1 aromatic heterocycles. The minimum atomic E-state index is -1.79. The number of carbonyl (C=O) groups is 3. The first kappa shape index (κ1) is 41.7. The molecule has 1 saturated heterocycles. The van der Waals surface area contributed by atoms with Gasteiger partial charge in [-0.3, -0.25) is 19.3 Å². The molecule has 1 aliphatic heterocycles. The molecule has 2 aliphatic rings. The molecule has 2 heterocycles. The summed E-state index contributed by atoms with van der Waals surface area (Å²) in [5, 5.41) is 16.6. The fraction of sp³-hybridized carbons (Fsp3) is 0.700. The number of halogens is 1. The van der Waals surface area contributed by atoms with Crippen molar-refractivity contribution < 1.29 is 33.4 Å². The highest BCUT2D eigenvalue weighted by atomic mass is 32.1. The van der Waals surface area contributed by atoms with Crippen molar-refractivity contribution in [1.82, 2.24) is 20.5 Å². The summed E-state index contributed by atoms with van der Waals surface area (Å²) < 4.78 is 26.3. The lowest BCUT2D eigenvalue weighted by atomic mass is 9.86. The predicted octanol–water partition coefficient (Wildman–Crippen LogP) is 7.04. The lowest BCUT2D eigenvalue weighted by Crippen LogP contribution is -2.55. The number of rotatable bonds is 19. The molecule has 1 aromatic carbocycles. The minimum absolute atomic E-state index is 0.129. The number of hydrogen-bond acceptors (Lipinski definition) is 9. The maximum Gasteiger partial charge on any atom is 0.306 e.